The molecular formula is C20H25N5O3S2. The van der Waals surface area contributed by atoms with Crippen LogP contribution in [0.15, 0.2) is 46.2 Å². The number of aromatic amines is 1. The lowest BCUT2D eigenvalue weighted by molar-refractivity contribution is -0.133. The fourth-order valence-corrected chi connectivity index (χ4v) is 6.40. The average Bonchev–Trinajstić information content (AvgIpc) is 3.49. The van der Waals surface area contributed by atoms with Crippen molar-refractivity contribution in [3.63, 3.8) is 0 Å². The number of sulfonamides is 1. The Morgan fingerprint density at radius 2 is 1.90 bits per heavy atom. The summed E-state index contributed by atoms with van der Waals surface area (Å²) in [6.45, 7) is 4.72. The van der Waals surface area contributed by atoms with Crippen LogP contribution in [0.1, 0.15) is 29.4 Å². The standard InChI is InChI=1S/C20H25N5O3S2/c1-15-20(16(2)22-21-15)30(27,28)25-10-8-24(9-11-25)19(26)13-18(17-5-12-29-14-17)23-6-3-4-7-23/h3-7,12,14,18H,8-11,13H2,1-2H3,(H,21,22). The molecule has 4 heterocycles. The van der Waals surface area contributed by atoms with Gasteiger partial charge in [0.25, 0.3) is 0 Å². The van der Waals surface area contributed by atoms with Crippen LogP contribution in [-0.4, -0.2) is 64.5 Å². The van der Waals surface area contributed by atoms with E-state index in [-0.39, 0.29) is 29.9 Å². The molecule has 30 heavy (non-hydrogen) atoms. The quantitative estimate of drug-likeness (QED) is 0.628. The number of aromatic nitrogens is 3. The van der Waals surface area contributed by atoms with Crippen LogP contribution in [0.3, 0.4) is 0 Å². The van der Waals surface area contributed by atoms with E-state index >= 15 is 0 Å². The molecule has 1 amide bonds. The van der Waals surface area contributed by atoms with Crippen molar-refractivity contribution < 1.29 is 13.2 Å². The molecule has 8 nitrogen and oxygen atoms in total. The summed E-state index contributed by atoms with van der Waals surface area (Å²) in [5, 5.41) is 10.8. The van der Waals surface area contributed by atoms with Crippen LogP contribution in [0, 0.1) is 13.8 Å². The number of rotatable bonds is 6. The molecule has 160 valence electrons. The highest BCUT2D eigenvalue weighted by Gasteiger charge is 2.33. The number of thiophene rings is 1. The molecule has 1 fully saturated rings. The zero-order valence-electron chi connectivity index (χ0n) is 17.0. The number of H-pyrrole nitrogens is 1. The highest BCUT2D eigenvalue weighted by molar-refractivity contribution is 7.89. The van der Waals surface area contributed by atoms with Crippen molar-refractivity contribution in [2.24, 2.45) is 0 Å². The van der Waals surface area contributed by atoms with Gasteiger partial charge in [-0.1, -0.05) is 0 Å². The molecule has 1 atom stereocenters. The van der Waals surface area contributed by atoms with E-state index in [1.165, 1.54) is 4.31 Å². The van der Waals surface area contributed by atoms with Crippen LogP contribution in [0.25, 0.3) is 0 Å². The second-order valence-electron chi connectivity index (χ2n) is 7.45. The predicted octanol–water partition coefficient (Wildman–Crippen LogP) is 2.40. The van der Waals surface area contributed by atoms with Crippen LogP contribution in [0.4, 0.5) is 0 Å². The van der Waals surface area contributed by atoms with Crippen molar-refractivity contribution in [1.29, 1.82) is 0 Å². The zero-order valence-corrected chi connectivity index (χ0v) is 18.6. The highest BCUT2D eigenvalue weighted by Crippen LogP contribution is 2.27. The molecular weight excluding hydrogens is 422 g/mol. The molecule has 0 spiro atoms. The number of hydrogen-bond donors (Lipinski definition) is 1. The molecule has 1 unspecified atom stereocenters. The average molecular weight is 448 g/mol. The van der Waals surface area contributed by atoms with E-state index in [4.69, 9.17) is 0 Å². The van der Waals surface area contributed by atoms with Gasteiger partial charge < -0.3 is 9.47 Å². The molecule has 1 N–H and O–H groups in total. The van der Waals surface area contributed by atoms with Gasteiger partial charge in [0.15, 0.2) is 0 Å². The Hall–Kier alpha value is -2.43. The smallest absolute Gasteiger partial charge is 0.246 e. The fraction of sp³-hybridized carbons (Fsp3) is 0.400. The molecule has 0 bridgehead atoms. The Bertz CT molecular complexity index is 1040. The third kappa shape index (κ3) is 3.94. The SMILES string of the molecule is Cc1n[nH]c(C)c1S(=O)(=O)N1CCN(C(=O)CC(c2ccsc2)n2cccc2)CC1. The Balaban J connectivity index is 1.43. The first-order chi connectivity index (χ1) is 14.4. The first-order valence-electron chi connectivity index (χ1n) is 9.82. The molecule has 0 aromatic carbocycles. The Kier molecular flexibility index (Phi) is 5.81. The third-order valence-electron chi connectivity index (χ3n) is 5.53. The molecule has 1 saturated heterocycles. The van der Waals surface area contributed by atoms with E-state index in [9.17, 15) is 13.2 Å². The molecule has 3 aromatic heterocycles. The fourth-order valence-electron chi connectivity index (χ4n) is 3.94. The third-order valence-corrected chi connectivity index (χ3v) is 8.40. The van der Waals surface area contributed by atoms with E-state index in [2.05, 4.69) is 15.6 Å². The lowest BCUT2D eigenvalue weighted by Gasteiger charge is -2.34. The van der Waals surface area contributed by atoms with Crippen LogP contribution in [0.2, 0.25) is 0 Å². The topological polar surface area (TPSA) is 91.3 Å². The van der Waals surface area contributed by atoms with Crippen molar-refractivity contribution in [2.45, 2.75) is 31.2 Å². The minimum atomic E-state index is -3.62. The van der Waals surface area contributed by atoms with E-state index in [1.54, 1.807) is 30.1 Å². The van der Waals surface area contributed by atoms with Crippen molar-refractivity contribution in [3.05, 3.63) is 58.3 Å². The van der Waals surface area contributed by atoms with Gasteiger partial charge in [0.05, 0.1) is 23.9 Å². The maximum Gasteiger partial charge on any atom is 0.246 e. The number of aryl methyl sites for hydroxylation is 2. The number of piperazine rings is 1. The molecule has 0 radical (unpaired) electrons. The first kappa shape index (κ1) is 20.8. The molecule has 1 aliphatic rings. The summed E-state index contributed by atoms with van der Waals surface area (Å²) in [7, 11) is -3.62. The van der Waals surface area contributed by atoms with Crippen molar-refractivity contribution >= 4 is 27.3 Å². The second-order valence-corrected chi connectivity index (χ2v) is 10.1. The minimum absolute atomic E-state index is 0.0348. The summed E-state index contributed by atoms with van der Waals surface area (Å²) in [6.07, 6.45) is 4.28. The van der Waals surface area contributed by atoms with Gasteiger partial charge in [0.2, 0.25) is 15.9 Å². The van der Waals surface area contributed by atoms with Crippen LogP contribution >= 0.6 is 11.3 Å². The van der Waals surface area contributed by atoms with Gasteiger partial charge in [-0.15, -0.1) is 0 Å². The molecule has 0 saturated carbocycles. The maximum atomic E-state index is 13.0. The highest BCUT2D eigenvalue weighted by atomic mass is 32.2. The summed E-state index contributed by atoms with van der Waals surface area (Å²) in [5.41, 5.74) is 2.12. The molecule has 1 aliphatic heterocycles. The normalized spacial score (nSPS) is 16.7. The van der Waals surface area contributed by atoms with Crippen LogP contribution in [0.5, 0.6) is 0 Å². The van der Waals surface area contributed by atoms with E-state index in [0.717, 1.165) is 5.56 Å². The van der Waals surface area contributed by atoms with Gasteiger partial charge in [0, 0.05) is 38.6 Å². The lowest BCUT2D eigenvalue weighted by atomic mass is 10.1. The Labute approximate surface area is 180 Å². The molecule has 3 aromatic rings. The van der Waals surface area contributed by atoms with Gasteiger partial charge in [-0.05, 0) is 48.4 Å². The number of carbonyl (C=O) groups is 1. The van der Waals surface area contributed by atoms with Crippen molar-refractivity contribution in [1.82, 2.24) is 24.0 Å². The zero-order chi connectivity index (χ0) is 21.3. The Morgan fingerprint density at radius 1 is 1.20 bits per heavy atom. The van der Waals surface area contributed by atoms with Gasteiger partial charge >= 0.3 is 0 Å². The summed E-state index contributed by atoms with van der Waals surface area (Å²) in [5.74, 6) is 0.0348. The van der Waals surface area contributed by atoms with Crippen molar-refractivity contribution in [2.75, 3.05) is 26.2 Å². The first-order valence-corrected chi connectivity index (χ1v) is 12.2. The summed E-state index contributed by atoms with van der Waals surface area (Å²) >= 11 is 1.61. The van der Waals surface area contributed by atoms with E-state index in [0.29, 0.717) is 30.9 Å². The number of amides is 1. The summed E-state index contributed by atoms with van der Waals surface area (Å²) < 4.78 is 29.5. The molecule has 0 aliphatic carbocycles. The van der Waals surface area contributed by atoms with Gasteiger partial charge in [-0.25, -0.2) is 8.42 Å². The molecule has 10 heteroatoms. The van der Waals surface area contributed by atoms with E-state index in [1.807, 2.05) is 40.5 Å². The molecule has 4 rings (SSSR count). The number of carbonyl (C=O) groups excluding carboxylic acids is 1. The van der Waals surface area contributed by atoms with E-state index < -0.39 is 10.0 Å². The van der Waals surface area contributed by atoms with Crippen LogP contribution in [-0.2, 0) is 14.8 Å². The number of hydrogen-bond acceptors (Lipinski definition) is 5. The van der Waals surface area contributed by atoms with Crippen LogP contribution < -0.4 is 0 Å². The Morgan fingerprint density at radius 3 is 2.47 bits per heavy atom. The van der Waals surface area contributed by atoms with Crippen molar-refractivity contribution in [3.8, 4) is 0 Å². The number of nitrogens with zero attached hydrogens (tertiary/aromatic N) is 4. The largest absolute Gasteiger partial charge is 0.346 e. The minimum Gasteiger partial charge on any atom is -0.346 e. The maximum absolute atomic E-state index is 13.0. The second kappa shape index (κ2) is 8.37. The predicted molar refractivity (Wildman–Crippen MR) is 115 cm³/mol. The summed E-state index contributed by atoms with van der Waals surface area (Å²) in [4.78, 5) is 15.0. The van der Waals surface area contributed by atoms with Gasteiger partial charge in [-0.2, -0.15) is 20.7 Å². The van der Waals surface area contributed by atoms with Gasteiger partial charge in [-0.3, -0.25) is 9.89 Å². The lowest BCUT2D eigenvalue weighted by Crippen LogP contribution is -2.50. The monoisotopic (exact) mass is 447 g/mol. The van der Waals surface area contributed by atoms with Gasteiger partial charge in [0.1, 0.15) is 4.90 Å². The number of nitrogens with one attached hydrogen (secondary N) is 1. The summed E-state index contributed by atoms with van der Waals surface area (Å²) in [6, 6.07) is 5.89.